The fourth-order valence-corrected chi connectivity index (χ4v) is 2.32. The standard InChI is InChI=1S/C11H16BrNO/c1-2-11(5-3-6-11)13-8-10-9(12)4-7-14-10/h4,7,13H,2-3,5-6,8H2,1H3. The first kappa shape index (κ1) is 10.2. The van der Waals surface area contributed by atoms with Crippen molar-refractivity contribution in [1.82, 2.24) is 5.32 Å². The van der Waals surface area contributed by atoms with Crippen LogP contribution in [0.3, 0.4) is 0 Å². The molecular formula is C11H16BrNO. The van der Waals surface area contributed by atoms with Gasteiger partial charge in [-0.05, 0) is 47.7 Å². The highest BCUT2D eigenvalue weighted by Gasteiger charge is 2.34. The maximum atomic E-state index is 5.36. The summed E-state index contributed by atoms with van der Waals surface area (Å²) in [5.41, 5.74) is 0.395. The number of rotatable bonds is 4. The molecule has 0 bridgehead atoms. The fraction of sp³-hybridized carbons (Fsp3) is 0.636. The summed E-state index contributed by atoms with van der Waals surface area (Å²) in [5, 5.41) is 3.60. The molecule has 1 aliphatic rings. The molecule has 0 saturated heterocycles. The third-order valence-corrected chi connectivity index (χ3v) is 4.01. The molecule has 0 spiro atoms. The molecule has 1 aromatic heterocycles. The fourth-order valence-electron chi connectivity index (χ4n) is 1.98. The molecule has 3 heteroatoms. The Morgan fingerprint density at radius 2 is 2.36 bits per heavy atom. The summed E-state index contributed by atoms with van der Waals surface area (Å²) in [5.74, 6) is 1.00. The summed E-state index contributed by atoms with van der Waals surface area (Å²) in [6.45, 7) is 3.09. The molecule has 0 aromatic carbocycles. The Morgan fingerprint density at radius 3 is 2.79 bits per heavy atom. The normalized spacial score (nSPS) is 19.3. The second-order valence-corrected chi connectivity index (χ2v) is 4.89. The molecule has 1 fully saturated rings. The predicted molar refractivity (Wildman–Crippen MR) is 60.1 cm³/mol. The van der Waals surface area contributed by atoms with E-state index in [2.05, 4.69) is 28.2 Å². The van der Waals surface area contributed by atoms with E-state index in [1.54, 1.807) is 6.26 Å². The SMILES string of the molecule is CCC1(NCc2occc2Br)CCC1. The van der Waals surface area contributed by atoms with E-state index in [-0.39, 0.29) is 0 Å². The zero-order valence-corrected chi connectivity index (χ0v) is 10.1. The lowest BCUT2D eigenvalue weighted by atomic mass is 9.75. The maximum absolute atomic E-state index is 5.36. The first-order chi connectivity index (χ1) is 6.76. The lowest BCUT2D eigenvalue weighted by molar-refractivity contribution is 0.171. The summed E-state index contributed by atoms with van der Waals surface area (Å²) in [6.07, 6.45) is 6.91. The van der Waals surface area contributed by atoms with Crippen LogP contribution in [0.2, 0.25) is 0 Å². The lowest BCUT2D eigenvalue weighted by Gasteiger charge is -2.42. The van der Waals surface area contributed by atoms with Crippen molar-refractivity contribution >= 4 is 15.9 Å². The van der Waals surface area contributed by atoms with Gasteiger partial charge >= 0.3 is 0 Å². The Kier molecular flexibility index (Phi) is 2.98. The Bertz CT molecular complexity index is 298. The van der Waals surface area contributed by atoms with Crippen LogP contribution in [0, 0.1) is 0 Å². The van der Waals surface area contributed by atoms with Gasteiger partial charge in [-0.25, -0.2) is 0 Å². The number of hydrogen-bond donors (Lipinski definition) is 1. The Hall–Kier alpha value is -0.280. The summed E-state index contributed by atoms with van der Waals surface area (Å²) < 4.78 is 6.43. The van der Waals surface area contributed by atoms with Crippen LogP contribution in [0.15, 0.2) is 21.2 Å². The minimum Gasteiger partial charge on any atom is -0.467 e. The van der Waals surface area contributed by atoms with E-state index >= 15 is 0 Å². The molecule has 1 aromatic rings. The van der Waals surface area contributed by atoms with Crippen molar-refractivity contribution in [3.05, 3.63) is 22.6 Å². The van der Waals surface area contributed by atoms with E-state index in [0.717, 1.165) is 16.8 Å². The third-order valence-electron chi connectivity index (χ3n) is 3.30. The average Bonchev–Trinajstić information content (AvgIpc) is 2.51. The van der Waals surface area contributed by atoms with Crippen LogP contribution in [0.1, 0.15) is 38.4 Å². The molecule has 1 N–H and O–H groups in total. The Morgan fingerprint density at radius 1 is 1.57 bits per heavy atom. The number of halogens is 1. The first-order valence-corrected chi connectivity index (χ1v) is 6.02. The van der Waals surface area contributed by atoms with E-state index in [0.29, 0.717) is 5.54 Å². The maximum Gasteiger partial charge on any atom is 0.131 e. The minimum absolute atomic E-state index is 0.395. The summed E-state index contributed by atoms with van der Waals surface area (Å²) in [7, 11) is 0. The molecule has 2 nitrogen and oxygen atoms in total. The van der Waals surface area contributed by atoms with Gasteiger partial charge in [-0.15, -0.1) is 0 Å². The van der Waals surface area contributed by atoms with Crippen LogP contribution in [0.5, 0.6) is 0 Å². The van der Waals surface area contributed by atoms with Crippen LogP contribution in [-0.2, 0) is 6.54 Å². The van der Waals surface area contributed by atoms with Crippen molar-refractivity contribution in [3.8, 4) is 0 Å². The second-order valence-electron chi connectivity index (χ2n) is 4.03. The highest BCUT2D eigenvalue weighted by atomic mass is 79.9. The summed E-state index contributed by atoms with van der Waals surface area (Å²) in [4.78, 5) is 0. The molecule has 0 unspecified atom stereocenters. The largest absolute Gasteiger partial charge is 0.467 e. The molecule has 1 saturated carbocycles. The van der Waals surface area contributed by atoms with Gasteiger partial charge in [-0.2, -0.15) is 0 Å². The van der Waals surface area contributed by atoms with Crippen LogP contribution < -0.4 is 5.32 Å². The smallest absolute Gasteiger partial charge is 0.131 e. The van der Waals surface area contributed by atoms with Gasteiger partial charge in [0.05, 0.1) is 17.3 Å². The summed E-state index contributed by atoms with van der Waals surface area (Å²) >= 11 is 3.46. The van der Waals surface area contributed by atoms with Gasteiger partial charge in [0.1, 0.15) is 5.76 Å². The van der Waals surface area contributed by atoms with Crippen molar-refractivity contribution in [2.45, 2.75) is 44.7 Å². The molecular weight excluding hydrogens is 242 g/mol. The number of nitrogens with one attached hydrogen (secondary N) is 1. The predicted octanol–water partition coefficient (Wildman–Crippen LogP) is 3.46. The summed E-state index contributed by atoms with van der Waals surface area (Å²) in [6, 6.07) is 1.94. The quantitative estimate of drug-likeness (QED) is 0.894. The first-order valence-electron chi connectivity index (χ1n) is 5.23. The van der Waals surface area contributed by atoms with Gasteiger partial charge in [0.25, 0.3) is 0 Å². The number of furan rings is 1. The highest BCUT2D eigenvalue weighted by molar-refractivity contribution is 9.10. The van der Waals surface area contributed by atoms with Gasteiger partial charge in [-0.3, -0.25) is 0 Å². The Labute approximate surface area is 93.2 Å². The second kappa shape index (κ2) is 4.07. The van der Waals surface area contributed by atoms with Crippen molar-refractivity contribution in [2.75, 3.05) is 0 Å². The minimum atomic E-state index is 0.395. The highest BCUT2D eigenvalue weighted by Crippen LogP contribution is 2.35. The molecule has 0 atom stereocenters. The lowest BCUT2D eigenvalue weighted by Crippen LogP contribution is -2.49. The molecule has 0 radical (unpaired) electrons. The van der Waals surface area contributed by atoms with Gasteiger partial charge in [-0.1, -0.05) is 6.92 Å². The van der Waals surface area contributed by atoms with Crippen molar-refractivity contribution in [3.63, 3.8) is 0 Å². The third kappa shape index (κ3) is 1.89. The zero-order valence-electron chi connectivity index (χ0n) is 8.48. The van der Waals surface area contributed by atoms with Crippen LogP contribution in [-0.4, -0.2) is 5.54 Å². The molecule has 78 valence electrons. The van der Waals surface area contributed by atoms with Crippen molar-refractivity contribution < 1.29 is 4.42 Å². The molecule has 0 aliphatic heterocycles. The van der Waals surface area contributed by atoms with Crippen LogP contribution in [0.4, 0.5) is 0 Å². The monoisotopic (exact) mass is 257 g/mol. The molecule has 1 heterocycles. The molecule has 2 rings (SSSR count). The average molecular weight is 258 g/mol. The van der Waals surface area contributed by atoms with E-state index in [1.807, 2.05) is 6.07 Å². The van der Waals surface area contributed by atoms with Crippen molar-refractivity contribution in [1.29, 1.82) is 0 Å². The molecule has 14 heavy (non-hydrogen) atoms. The van der Waals surface area contributed by atoms with E-state index in [1.165, 1.54) is 25.7 Å². The zero-order chi connectivity index (χ0) is 10.0. The molecule has 0 amide bonds. The van der Waals surface area contributed by atoms with Crippen LogP contribution in [0.25, 0.3) is 0 Å². The van der Waals surface area contributed by atoms with Crippen LogP contribution >= 0.6 is 15.9 Å². The van der Waals surface area contributed by atoms with E-state index < -0.39 is 0 Å². The van der Waals surface area contributed by atoms with Gasteiger partial charge in [0, 0.05) is 5.54 Å². The Balaban J connectivity index is 1.90. The topological polar surface area (TPSA) is 25.2 Å². The van der Waals surface area contributed by atoms with Gasteiger partial charge in [0.2, 0.25) is 0 Å². The molecule has 1 aliphatic carbocycles. The number of hydrogen-bond acceptors (Lipinski definition) is 2. The van der Waals surface area contributed by atoms with E-state index in [9.17, 15) is 0 Å². The van der Waals surface area contributed by atoms with E-state index in [4.69, 9.17) is 4.42 Å². The van der Waals surface area contributed by atoms with Gasteiger partial charge in [0.15, 0.2) is 0 Å². The van der Waals surface area contributed by atoms with Crippen molar-refractivity contribution in [2.24, 2.45) is 0 Å². The van der Waals surface area contributed by atoms with Gasteiger partial charge < -0.3 is 9.73 Å².